The molecular formula is C13H17N3O2S. The zero-order valence-corrected chi connectivity index (χ0v) is 11.9. The zero-order valence-electron chi connectivity index (χ0n) is 11.1. The summed E-state index contributed by atoms with van der Waals surface area (Å²) >= 11 is 1.18. The van der Waals surface area contributed by atoms with Crippen molar-refractivity contribution in [3.63, 3.8) is 0 Å². The number of aromatic nitrogens is 2. The molecule has 0 aliphatic heterocycles. The minimum absolute atomic E-state index is 0.0812. The molecule has 2 heterocycles. The molecule has 1 amide bonds. The second-order valence-electron chi connectivity index (χ2n) is 4.55. The third kappa shape index (κ3) is 2.53. The summed E-state index contributed by atoms with van der Waals surface area (Å²) in [5.41, 5.74) is 5.87. The minimum atomic E-state index is -0.502. The van der Waals surface area contributed by atoms with Crippen molar-refractivity contribution < 1.29 is 4.79 Å². The van der Waals surface area contributed by atoms with Crippen LogP contribution in [-0.4, -0.2) is 15.5 Å². The Bertz CT molecular complexity index is 672. The first-order valence-corrected chi connectivity index (χ1v) is 7.16. The zero-order chi connectivity index (χ0) is 14.0. The van der Waals surface area contributed by atoms with E-state index in [1.807, 2.05) is 0 Å². The normalized spacial score (nSPS) is 11.1. The number of hydrogen-bond acceptors (Lipinski definition) is 4. The largest absolute Gasteiger partial charge is 0.365 e. The fourth-order valence-electron chi connectivity index (χ4n) is 2.09. The Balaban J connectivity index is 2.49. The smallest absolute Gasteiger partial charge is 0.262 e. The van der Waals surface area contributed by atoms with Crippen LogP contribution < -0.4 is 11.3 Å². The highest BCUT2D eigenvalue weighted by atomic mass is 32.1. The van der Waals surface area contributed by atoms with Crippen LogP contribution in [0, 0.1) is 6.92 Å². The first kappa shape index (κ1) is 13.7. The fraction of sp³-hybridized carbons (Fsp3) is 0.462. The van der Waals surface area contributed by atoms with E-state index in [0.29, 0.717) is 27.2 Å². The van der Waals surface area contributed by atoms with Crippen LogP contribution in [0.1, 0.15) is 41.4 Å². The van der Waals surface area contributed by atoms with Crippen molar-refractivity contribution in [3.8, 4) is 0 Å². The summed E-state index contributed by atoms with van der Waals surface area (Å²) < 4.78 is 1.61. The van der Waals surface area contributed by atoms with E-state index >= 15 is 0 Å². The van der Waals surface area contributed by atoms with Crippen molar-refractivity contribution in [1.82, 2.24) is 9.55 Å². The fourth-order valence-corrected chi connectivity index (χ4v) is 3.08. The van der Waals surface area contributed by atoms with E-state index in [1.54, 1.807) is 17.8 Å². The molecule has 5 nitrogen and oxygen atoms in total. The highest BCUT2D eigenvalue weighted by Crippen LogP contribution is 2.26. The first-order chi connectivity index (χ1) is 9.06. The maximum absolute atomic E-state index is 12.4. The standard InChI is InChI=1S/C13H17N3O2S/c1-3-4-5-6-16-7-15-12-9(13(16)18)8(2)10(19-12)11(14)17/h7H,3-6H2,1-2H3,(H2,14,17). The molecule has 0 unspecified atom stereocenters. The maximum Gasteiger partial charge on any atom is 0.262 e. The Labute approximate surface area is 115 Å². The van der Waals surface area contributed by atoms with E-state index in [-0.39, 0.29) is 5.56 Å². The van der Waals surface area contributed by atoms with E-state index in [1.165, 1.54) is 11.3 Å². The number of amides is 1. The summed E-state index contributed by atoms with van der Waals surface area (Å²) in [7, 11) is 0. The molecule has 0 saturated carbocycles. The van der Waals surface area contributed by atoms with E-state index in [9.17, 15) is 9.59 Å². The van der Waals surface area contributed by atoms with Gasteiger partial charge in [-0.15, -0.1) is 11.3 Å². The number of carbonyl (C=O) groups is 1. The lowest BCUT2D eigenvalue weighted by atomic mass is 10.2. The van der Waals surface area contributed by atoms with Crippen LogP contribution in [0.5, 0.6) is 0 Å². The molecule has 0 radical (unpaired) electrons. The second kappa shape index (κ2) is 5.52. The number of primary amides is 1. The van der Waals surface area contributed by atoms with Crippen molar-refractivity contribution in [1.29, 1.82) is 0 Å². The molecule has 0 atom stereocenters. The molecule has 2 rings (SSSR count). The Hall–Kier alpha value is -1.69. The monoisotopic (exact) mass is 279 g/mol. The SMILES string of the molecule is CCCCCn1cnc2sc(C(N)=O)c(C)c2c1=O. The van der Waals surface area contributed by atoms with E-state index in [4.69, 9.17) is 5.73 Å². The van der Waals surface area contributed by atoms with E-state index in [0.717, 1.165) is 19.3 Å². The summed E-state index contributed by atoms with van der Waals surface area (Å²) in [6.45, 7) is 4.53. The molecular weight excluding hydrogens is 262 g/mol. The van der Waals surface area contributed by atoms with Crippen LogP contribution in [0.4, 0.5) is 0 Å². The molecule has 0 saturated heterocycles. The topological polar surface area (TPSA) is 78.0 Å². The van der Waals surface area contributed by atoms with Crippen molar-refractivity contribution in [2.45, 2.75) is 39.7 Å². The highest BCUT2D eigenvalue weighted by molar-refractivity contribution is 7.20. The van der Waals surface area contributed by atoms with Crippen molar-refractivity contribution in [2.24, 2.45) is 5.73 Å². The summed E-state index contributed by atoms with van der Waals surface area (Å²) in [5.74, 6) is -0.502. The quantitative estimate of drug-likeness (QED) is 0.851. The van der Waals surface area contributed by atoms with Crippen LogP contribution in [0.2, 0.25) is 0 Å². The second-order valence-corrected chi connectivity index (χ2v) is 5.55. The van der Waals surface area contributed by atoms with Crippen LogP contribution in [0.15, 0.2) is 11.1 Å². The van der Waals surface area contributed by atoms with Gasteiger partial charge >= 0.3 is 0 Å². The van der Waals surface area contributed by atoms with Gasteiger partial charge in [0.15, 0.2) is 0 Å². The van der Waals surface area contributed by atoms with Crippen LogP contribution in [0.3, 0.4) is 0 Å². The number of fused-ring (bicyclic) bond motifs is 1. The van der Waals surface area contributed by atoms with Crippen molar-refractivity contribution >= 4 is 27.5 Å². The summed E-state index contributed by atoms with van der Waals surface area (Å²) in [6, 6.07) is 0. The summed E-state index contributed by atoms with van der Waals surface area (Å²) in [4.78, 5) is 28.9. The lowest BCUT2D eigenvalue weighted by Gasteiger charge is -2.04. The van der Waals surface area contributed by atoms with Gasteiger partial charge < -0.3 is 5.73 Å². The molecule has 0 bridgehead atoms. The van der Waals surface area contributed by atoms with Gasteiger partial charge in [0.25, 0.3) is 11.5 Å². The molecule has 0 spiro atoms. The Morgan fingerprint density at radius 2 is 2.21 bits per heavy atom. The van der Waals surface area contributed by atoms with Crippen LogP contribution in [0.25, 0.3) is 10.2 Å². The molecule has 2 N–H and O–H groups in total. The van der Waals surface area contributed by atoms with Gasteiger partial charge in [0.1, 0.15) is 4.83 Å². The maximum atomic E-state index is 12.4. The highest BCUT2D eigenvalue weighted by Gasteiger charge is 2.17. The predicted octanol–water partition coefficient (Wildman–Crippen LogP) is 2.06. The lowest BCUT2D eigenvalue weighted by molar-refractivity contribution is 0.100. The third-order valence-corrected chi connectivity index (χ3v) is 4.36. The molecule has 0 aromatic carbocycles. The average molecular weight is 279 g/mol. The molecule has 6 heteroatoms. The number of nitrogens with zero attached hydrogens (tertiary/aromatic N) is 2. The van der Waals surface area contributed by atoms with Crippen molar-refractivity contribution in [2.75, 3.05) is 0 Å². The number of hydrogen-bond donors (Lipinski definition) is 1. The molecule has 102 valence electrons. The number of aryl methyl sites for hydroxylation is 2. The third-order valence-electron chi connectivity index (χ3n) is 3.14. The van der Waals surface area contributed by atoms with Gasteiger partial charge in [0, 0.05) is 6.54 Å². The van der Waals surface area contributed by atoms with Gasteiger partial charge in [-0.1, -0.05) is 19.8 Å². The molecule has 19 heavy (non-hydrogen) atoms. The number of rotatable bonds is 5. The number of unbranched alkanes of at least 4 members (excludes halogenated alkanes) is 2. The average Bonchev–Trinajstić information content (AvgIpc) is 2.71. The number of nitrogens with two attached hydrogens (primary N) is 1. The first-order valence-electron chi connectivity index (χ1n) is 6.34. The summed E-state index contributed by atoms with van der Waals surface area (Å²) in [6.07, 6.45) is 4.70. The predicted molar refractivity (Wildman–Crippen MR) is 76.7 cm³/mol. The number of thiophene rings is 1. The van der Waals surface area contributed by atoms with Crippen LogP contribution in [-0.2, 0) is 6.54 Å². The molecule has 0 fully saturated rings. The van der Waals surface area contributed by atoms with Gasteiger partial charge in [-0.3, -0.25) is 14.2 Å². The minimum Gasteiger partial charge on any atom is -0.365 e. The number of carbonyl (C=O) groups excluding carboxylic acids is 1. The molecule has 2 aromatic rings. The Morgan fingerprint density at radius 1 is 1.47 bits per heavy atom. The van der Waals surface area contributed by atoms with Gasteiger partial charge in [-0.25, -0.2) is 4.98 Å². The van der Waals surface area contributed by atoms with Gasteiger partial charge in [-0.05, 0) is 18.9 Å². The van der Waals surface area contributed by atoms with Crippen molar-refractivity contribution in [3.05, 3.63) is 27.1 Å². The van der Waals surface area contributed by atoms with Gasteiger partial charge in [0.05, 0.1) is 16.6 Å². The molecule has 0 aliphatic carbocycles. The summed E-state index contributed by atoms with van der Waals surface area (Å²) in [5, 5.41) is 0.526. The lowest BCUT2D eigenvalue weighted by Crippen LogP contribution is -2.20. The van der Waals surface area contributed by atoms with E-state index < -0.39 is 5.91 Å². The Morgan fingerprint density at radius 3 is 2.84 bits per heavy atom. The molecule has 0 aliphatic rings. The molecule has 2 aromatic heterocycles. The Kier molecular flexibility index (Phi) is 3.99. The van der Waals surface area contributed by atoms with Crippen LogP contribution >= 0.6 is 11.3 Å². The van der Waals surface area contributed by atoms with E-state index in [2.05, 4.69) is 11.9 Å². The van der Waals surface area contributed by atoms with Gasteiger partial charge in [0.2, 0.25) is 0 Å². The van der Waals surface area contributed by atoms with Gasteiger partial charge in [-0.2, -0.15) is 0 Å².